The summed E-state index contributed by atoms with van der Waals surface area (Å²) in [4.78, 5) is 77.1. The molecule has 0 unspecified atom stereocenters. The third-order valence-corrected chi connectivity index (χ3v) is 17.1. The van der Waals surface area contributed by atoms with Gasteiger partial charge in [-0.15, -0.1) is 11.3 Å². The van der Waals surface area contributed by atoms with E-state index in [1.165, 1.54) is 20.0 Å². The van der Waals surface area contributed by atoms with Crippen molar-refractivity contribution >= 4 is 47.0 Å². The molecule has 0 radical (unpaired) electrons. The molecule has 0 aliphatic heterocycles. The van der Waals surface area contributed by atoms with Crippen LogP contribution in [0.2, 0.25) is 0 Å². The Morgan fingerprint density at radius 1 is 0.584 bits per heavy atom. The monoisotopic (exact) mass is 1260 g/mol. The molecule has 4 fully saturated rings. The molecule has 10 rings (SSSR count). The standard InChI is InChI=1S/C24H23F6NO4.C24H24N2O5S.C16H19NO5/c1-2-35-21(33)22(13-19(22)20(32)31-34)12-15-6-3-14(4-7-15)5-8-16-9-17(23(25,26)27)11-18(10-16)24(28,29)30;1-2-30-23(28)24(13-20(24)21(27)26-29)12-16-8-10-19(11-9-16)31-14-18-15-32-22(25-18)17-6-4-3-5-7-17;1-21-15(19)16(8-13(16)14(18)17-20)11-3-2-4-12(7-11)22-9-10-5-6-10/h3-4,6-7,9-11,19,34H,2,5,8,12-13H2,1H3,(H,31,32);3-11,15,20,29H,2,12-14H2,1H3,(H,26,27);2-4,7,10,13,20H,5-6,8-9H2,1H3,(H,17,18)/t19-,22+;20-,24+;13-,16-/m110/s1. The average Bonchev–Trinajstić information content (AvgIpc) is 1.59. The van der Waals surface area contributed by atoms with Gasteiger partial charge in [-0.05, 0) is 148 Å². The van der Waals surface area contributed by atoms with Crippen LogP contribution >= 0.6 is 11.3 Å². The number of esters is 3. The minimum atomic E-state index is -4.90. The topological polar surface area (TPSA) is 258 Å². The molecule has 6 N–H and O–H groups in total. The number of rotatable bonds is 23. The highest BCUT2D eigenvalue weighted by atomic mass is 32.1. The van der Waals surface area contributed by atoms with Gasteiger partial charge in [0, 0.05) is 10.9 Å². The fraction of sp³-hybridized carbons (Fsp3) is 0.391. The third kappa shape index (κ3) is 16.3. The first-order valence-corrected chi connectivity index (χ1v) is 29.4. The highest BCUT2D eigenvalue weighted by Gasteiger charge is 2.67. The summed E-state index contributed by atoms with van der Waals surface area (Å²) in [6.45, 7) is 4.75. The van der Waals surface area contributed by atoms with Crippen LogP contribution in [-0.2, 0) is 93.0 Å². The Hall–Kier alpha value is -8.39. The molecule has 4 saturated carbocycles. The quantitative estimate of drug-likeness (QED) is 0.0115. The van der Waals surface area contributed by atoms with E-state index in [1.54, 1.807) is 84.1 Å². The molecular weight excluding hydrogens is 1190 g/mol. The van der Waals surface area contributed by atoms with Gasteiger partial charge in [0.05, 0.1) is 72.3 Å². The molecule has 1 heterocycles. The van der Waals surface area contributed by atoms with Crippen molar-refractivity contribution in [1.82, 2.24) is 21.4 Å². The number of hydrogen-bond acceptors (Lipinski definition) is 16. The normalized spacial score (nSPS) is 21.2. The molecule has 0 spiro atoms. The fourth-order valence-corrected chi connectivity index (χ4v) is 11.6. The predicted molar refractivity (Wildman–Crippen MR) is 307 cm³/mol. The van der Waals surface area contributed by atoms with Gasteiger partial charge in [-0.1, -0.05) is 78.9 Å². The SMILES string of the molecule is CCOC(=O)[C@@]1(Cc2ccc(CCc3cc(C(F)(F)F)cc(C(F)(F)F)c3)cc2)C[C@@H]1C(=O)NO.CCOC(=O)[C@@]1(Cc2ccc(OCc3csc(-c4ccccc4)n3)cc2)C[C@@H]1C(=O)NO.COC(=O)[C@]1(c2cccc(OCC3CC3)c2)C[C@H]1C(=O)NO. The number of alkyl halides is 6. The van der Waals surface area contributed by atoms with Gasteiger partial charge in [-0.3, -0.25) is 44.4 Å². The minimum Gasteiger partial charge on any atom is -0.493 e. The summed E-state index contributed by atoms with van der Waals surface area (Å²) in [5, 5.41) is 29.6. The maximum atomic E-state index is 13.1. The van der Waals surface area contributed by atoms with Crippen molar-refractivity contribution in [3.63, 3.8) is 0 Å². The number of carbonyl (C=O) groups excluding carboxylic acids is 6. The molecule has 6 atom stereocenters. The number of nitrogens with zero attached hydrogens (tertiary/aromatic N) is 1. The predicted octanol–water partition coefficient (Wildman–Crippen LogP) is 10.5. The summed E-state index contributed by atoms with van der Waals surface area (Å²) in [7, 11) is 1.30. The van der Waals surface area contributed by atoms with Crippen LogP contribution in [0, 0.1) is 34.5 Å². The second-order valence-electron chi connectivity index (χ2n) is 22.2. The van der Waals surface area contributed by atoms with Crippen molar-refractivity contribution < 1.29 is 94.4 Å². The highest BCUT2D eigenvalue weighted by molar-refractivity contribution is 7.13. The number of thiazole rings is 1. The molecule has 1 aromatic heterocycles. The van der Waals surface area contributed by atoms with Crippen LogP contribution in [0.25, 0.3) is 10.6 Å². The van der Waals surface area contributed by atoms with Crippen molar-refractivity contribution in [3.8, 4) is 22.1 Å². The van der Waals surface area contributed by atoms with Crippen molar-refractivity contribution in [2.45, 2.75) is 96.0 Å². The van der Waals surface area contributed by atoms with Crippen LogP contribution in [0.5, 0.6) is 11.5 Å². The number of aromatic nitrogens is 1. The highest BCUT2D eigenvalue weighted by Crippen LogP contribution is 2.58. The van der Waals surface area contributed by atoms with Gasteiger partial charge in [0.15, 0.2) is 0 Å². The number of methoxy groups -OCH3 is 1. The lowest BCUT2D eigenvalue weighted by Gasteiger charge is -2.16. The van der Waals surface area contributed by atoms with Gasteiger partial charge in [-0.2, -0.15) is 26.3 Å². The average molecular weight is 1260 g/mol. The van der Waals surface area contributed by atoms with Crippen LogP contribution in [0.4, 0.5) is 26.3 Å². The van der Waals surface area contributed by atoms with Crippen molar-refractivity contribution in [2.24, 2.45) is 34.5 Å². The van der Waals surface area contributed by atoms with Crippen LogP contribution < -0.4 is 25.9 Å². The molecule has 3 amide bonds. The summed E-state index contributed by atoms with van der Waals surface area (Å²) in [6, 6.07) is 32.8. The summed E-state index contributed by atoms with van der Waals surface area (Å²) >= 11 is 1.58. The van der Waals surface area contributed by atoms with Crippen LogP contribution in [0.1, 0.15) is 90.6 Å². The molecule has 474 valence electrons. The molecule has 4 aliphatic rings. The number of halogens is 6. The summed E-state index contributed by atoms with van der Waals surface area (Å²) in [5.74, 6) is -3.21. The first-order valence-electron chi connectivity index (χ1n) is 28.5. The summed E-state index contributed by atoms with van der Waals surface area (Å²) in [6.07, 6.45) is -5.85. The van der Waals surface area contributed by atoms with Gasteiger partial charge >= 0.3 is 30.3 Å². The lowest BCUT2D eigenvalue weighted by Crippen LogP contribution is -2.31. The number of ether oxygens (including phenoxy) is 5. The van der Waals surface area contributed by atoms with E-state index >= 15 is 0 Å². The number of hydroxylamine groups is 3. The number of carbonyl (C=O) groups is 6. The smallest absolute Gasteiger partial charge is 0.416 e. The Bertz CT molecular complexity index is 3440. The van der Waals surface area contributed by atoms with Crippen molar-refractivity contribution in [2.75, 3.05) is 26.9 Å². The van der Waals surface area contributed by atoms with E-state index in [-0.39, 0.29) is 50.5 Å². The number of benzene rings is 5. The first-order chi connectivity index (χ1) is 42.5. The van der Waals surface area contributed by atoms with Crippen molar-refractivity contribution in [1.29, 1.82) is 0 Å². The molecule has 89 heavy (non-hydrogen) atoms. The number of amides is 3. The van der Waals surface area contributed by atoms with Crippen LogP contribution in [0.3, 0.4) is 0 Å². The molecule has 4 aliphatic carbocycles. The maximum Gasteiger partial charge on any atom is 0.416 e. The van der Waals surface area contributed by atoms with E-state index in [1.807, 2.05) is 66.0 Å². The Labute approximate surface area is 511 Å². The van der Waals surface area contributed by atoms with Crippen LogP contribution in [0.15, 0.2) is 127 Å². The van der Waals surface area contributed by atoms with E-state index in [0.717, 1.165) is 21.8 Å². The van der Waals surface area contributed by atoms with Gasteiger partial charge < -0.3 is 23.7 Å². The van der Waals surface area contributed by atoms with Gasteiger partial charge in [0.2, 0.25) is 17.7 Å². The van der Waals surface area contributed by atoms with Crippen molar-refractivity contribution in [3.05, 3.63) is 171 Å². The number of nitrogens with one attached hydrogen (secondary N) is 3. The Morgan fingerprint density at radius 2 is 1.10 bits per heavy atom. The zero-order chi connectivity index (χ0) is 64.3. The molecule has 0 bridgehead atoms. The molecule has 25 heteroatoms. The Kier molecular flexibility index (Phi) is 21.2. The van der Waals surface area contributed by atoms with Gasteiger partial charge in [-0.25, -0.2) is 21.4 Å². The van der Waals surface area contributed by atoms with E-state index in [2.05, 4.69) is 4.98 Å². The third-order valence-electron chi connectivity index (χ3n) is 16.1. The lowest BCUT2D eigenvalue weighted by atomic mass is 9.92. The molecule has 5 aromatic carbocycles. The largest absolute Gasteiger partial charge is 0.493 e. The zero-order valence-corrected chi connectivity index (χ0v) is 49.4. The van der Waals surface area contributed by atoms with E-state index < -0.39 is 93.1 Å². The summed E-state index contributed by atoms with van der Waals surface area (Å²) in [5.41, 5.74) is 3.82. The van der Waals surface area contributed by atoms with E-state index in [0.29, 0.717) is 78.7 Å². The lowest BCUT2D eigenvalue weighted by molar-refractivity contribution is -0.152. The number of hydrogen-bond donors (Lipinski definition) is 6. The molecular formula is C64H66F6N4O14S. The number of aryl methyl sites for hydroxylation is 2. The van der Waals surface area contributed by atoms with Gasteiger partial charge in [0.25, 0.3) is 0 Å². The Balaban J connectivity index is 0.000000177. The second kappa shape index (κ2) is 28.4. The molecule has 6 aromatic rings. The first kappa shape index (κ1) is 66.6. The molecule has 0 saturated heterocycles. The van der Waals surface area contributed by atoms with E-state index in [9.17, 15) is 55.1 Å². The second-order valence-corrected chi connectivity index (χ2v) is 23.1. The zero-order valence-electron chi connectivity index (χ0n) is 48.6. The van der Waals surface area contributed by atoms with E-state index in [4.69, 9.17) is 39.3 Å². The van der Waals surface area contributed by atoms with Crippen LogP contribution in [-0.4, -0.2) is 83.2 Å². The Morgan fingerprint density at radius 3 is 1.61 bits per heavy atom. The molecule has 18 nitrogen and oxygen atoms in total. The fourth-order valence-electron chi connectivity index (χ4n) is 10.8. The minimum absolute atomic E-state index is 0.0438. The summed E-state index contributed by atoms with van der Waals surface area (Å²) < 4.78 is 105. The van der Waals surface area contributed by atoms with Gasteiger partial charge in [0.1, 0.15) is 28.5 Å². The maximum absolute atomic E-state index is 13.1.